The number of carbonyl (C=O) groups excluding carboxylic acids is 1. The Morgan fingerprint density at radius 3 is 2.55 bits per heavy atom. The van der Waals surface area contributed by atoms with Crippen LogP contribution in [-0.4, -0.2) is 114 Å². The molecule has 11 heteroatoms. The summed E-state index contributed by atoms with van der Waals surface area (Å²) in [6.45, 7) is 14.5. The van der Waals surface area contributed by atoms with Crippen LogP contribution in [0.4, 0.5) is 10.7 Å². The van der Waals surface area contributed by atoms with Crippen LogP contribution in [0.2, 0.25) is 0 Å². The molecule has 0 radical (unpaired) electrons. The molecule has 2 fully saturated rings. The fourth-order valence-corrected chi connectivity index (χ4v) is 4.35. The van der Waals surface area contributed by atoms with Gasteiger partial charge in [0.05, 0.1) is 12.6 Å². The van der Waals surface area contributed by atoms with Gasteiger partial charge in [0.2, 0.25) is 5.95 Å². The zero-order chi connectivity index (χ0) is 22.6. The molecule has 33 heavy (non-hydrogen) atoms. The molecule has 0 spiro atoms. The van der Waals surface area contributed by atoms with E-state index < -0.39 is 5.60 Å². The van der Waals surface area contributed by atoms with Crippen molar-refractivity contribution in [2.45, 2.75) is 38.8 Å². The summed E-state index contributed by atoms with van der Waals surface area (Å²) in [5.74, 6) is 1.80. The van der Waals surface area contributed by atoms with E-state index in [1.54, 1.807) is 12.4 Å². The van der Waals surface area contributed by atoms with Crippen LogP contribution in [0.15, 0.2) is 23.5 Å². The van der Waals surface area contributed by atoms with E-state index in [2.05, 4.69) is 30.0 Å². The van der Waals surface area contributed by atoms with Crippen molar-refractivity contribution < 1.29 is 9.53 Å². The Balaban J connectivity index is 0.00000306. The Morgan fingerprint density at radius 1 is 1.12 bits per heavy atom. The number of hydrogen-bond donors (Lipinski definition) is 1. The summed E-state index contributed by atoms with van der Waals surface area (Å²) < 4.78 is 5.52. The Morgan fingerprint density at radius 2 is 1.85 bits per heavy atom. The highest BCUT2D eigenvalue weighted by Gasteiger charge is 2.36. The molecule has 2 saturated heterocycles. The molecule has 1 amide bonds. The van der Waals surface area contributed by atoms with Crippen molar-refractivity contribution in [3.63, 3.8) is 0 Å². The van der Waals surface area contributed by atoms with Crippen molar-refractivity contribution >= 4 is 42.0 Å². The zero-order valence-corrected chi connectivity index (χ0v) is 22.3. The molecule has 0 saturated carbocycles. The first kappa shape index (κ1) is 25.7. The standard InChI is InChI=1S/C22H36N8O2.HI/c1-22(2,3)32-21(31)29-14-15-30-18(17-29)16-26-20(30)25-8-5-9-27-10-12-28(13-11-27)19-23-6-4-7-24-19;/h4,6-7,18H,5,8-17H2,1-3H3,(H,25,26);1H. The van der Waals surface area contributed by atoms with Gasteiger partial charge >= 0.3 is 6.09 Å². The minimum Gasteiger partial charge on any atom is -0.444 e. The van der Waals surface area contributed by atoms with Gasteiger partial charge in [-0.15, -0.1) is 24.0 Å². The lowest BCUT2D eigenvalue weighted by Crippen LogP contribution is -2.57. The molecular formula is C22H37IN8O2. The summed E-state index contributed by atoms with van der Waals surface area (Å²) in [5.41, 5.74) is -0.463. The van der Waals surface area contributed by atoms with Crippen LogP contribution in [-0.2, 0) is 4.74 Å². The average Bonchev–Trinajstić information content (AvgIpc) is 3.19. The van der Waals surface area contributed by atoms with Gasteiger partial charge in [-0.05, 0) is 39.8 Å². The van der Waals surface area contributed by atoms with E-state index in [4.69, 9.17) is 9.73 Å². The van der Waals surface area contributed by atoms with E-state index >= 15 is 0 Å². The second-order valence-corrected chi connectivity index (χ2v) is 9.60. The molecule has 4 heterocycles. The van der Waals surface area contributed by atoms with E-state index in [0.29, 0.717) is 13.1 Å². The average molecular weight is 572 g/mol. The maximum absolute atomic E-state index is 12.4. The maximum Gasteiger partial charge on any atom is 0.410 e. The van der Waals surface area contributed by atoms with E-state index in [1.807, 2.05) is 31.7 Å². The van der Waals surface area contributed by atoms with Gasteiger partial charge in [-0.3, -0.25) is 9.89 Å². The topological polar surface area (TPSA) is 89.4 Å². The number of hydrogen-bond acceptors (Lipinski definition) is 9. The molecule has 3 aliphatic rings. The van der Waals surface area contributed by atoms with Gasteiger partial charge in [-0.2, -0.15) is 0 Å². The number of carbonyl (C=O) groups is 1. The number of nitrogens with one attached hydrogen (secondary N) is 1. The number of halogens is 1. The molecule has 1 atom stereocenters. The first-order valence-electron chi connectivity index (χ1n) is 11.7. The third-order valence-corrected chi connectivity index (χ3v) is 6.00. The predicted molar refractivity (Wildman–Crippen MR) is 139 cm³/mol. The fraction of sp³-hybridized carbons (Fsp3) is 0.727. The molecule has 0 aromatic carbocycles. The van der Waals surface area contributed by atoms with Crippen LogP contribution < -0.4 is 10.2 Å². The number of rotatable bonds is 5. The van der Waals surface area contributed by atoms with Crippen LogP contribution in [0.5, 0.6) is 0 Å². The van der Waals surface area contributed by atoms with E-state index in [0.717, 1.165) is 70.7 Å². The summed E-state index contributed by atoms with van der Waals surface area (Å²) in [6.07, 6.45) is 4.45. The number of amides is 1. The monoisotopic (exact) mass is 572 g/mol. The van der Waals surface area contributed by atoms with Gasteiger partial charge in [0, 0.05) is 64.8 Å². The third-order valence-electron chi connectivity index (χ3n) is 6.00. The lowest BCUT2D eigenvalue weighted by molar-refractivity contribution is 0.0137. The van der Waals surface area contributed by atoms with Gasteiger partial charge in [0.1, 0.15) is 5.60 Å². The predicted octanol–water partition coefficient (Wildman–Crippen LogP) is 1.49. The minimum absolute atomic E-state index is 0. The number of aromatic nitrogens is 2. The van der Waals surface area contributed by atoms with Gasteiger partial charge < -0.3 is 24.8 Å². The van der Waals surface area contributed by atoms with Gasteiger partial charge in [-0.25, -0.2) is 14.8 Å². The fourth-order valence-electron chi connectivity index (χ4n) is 4.35. The lowest BCUT2D eigenvalue weighted by Gasteiger charge is -2.39. The Bertz CT molecular complexity index is 795. The first-order valence-corrected chi connectivity index (χ1v) is 11.7. The molecule has 1 aromatic rings. The van der Waals surface area contributed by atoms with Crippen molar-refractivity contribution in [2.75, 3.05) is 70.3 Å². The molecule has 0 aliphatic carbocycles. The SMILES string of the molecule is CC(C)(C)OC(=O)N1CCN2C(NCCCN3CCN(c4ncccn4)CC3)=NCC2C1.I. The Hall–Kier alpha value is -1.89. The molecular weight excluding hydrogens is 535 g/mol. The Kier molecular flexibility index (Phi) is 8.96. The quantitative estimate of drug-likeness (QED) is 0.420. The number of nitrogens with zero attached hydrogens (tertiary/aromatic N) is 7. The summed E-state index contributed by atoms with van der Waals surface area (Å²) in [6, 6.07) is 2.09. The zero-order valence-electron chi connectivity index (χ0n) is 19.9. The first-order chi connectivity index (χ1) is 15.4. The number of fused-ring (bicyclic) bond motifs is 1. The third kappa shape index (κ3) is 7.05. The van der Waals surface area contributed by atoms with Crippen LogP contribution in [0.1, 0.15) is 27.2 Å². The molecule has 4 rings (SSSR count). The molecule has 10 nitrogen and oxygen atoms in total. The van der Waals surface area contributed by atoms with E-state index in [-0.39, 0.29) is 36.1 Å². The van der Waals surface area contributed by atoms with E-state index in [9.17, 15) is 4.79 Å². The van der Waals surface area contributed by atoms with Crippen molar-refractivity contribution in [1.82, 2.24) is 30.0 Å². The second-order valence-electron chi connectivity index (χ2n) is 9.60. The minimum atomic E-state index is -0.463. The molecule has 3 aliphatic heterocycles. The maximum atomic E-state index is 12.4. The highest BCUT2D eigenvalue weighted by Crippen LogP contribution is 2.18. The molecule has 1 unspecified atom stereocenters. The number of anilines is 1. The van der Waals surface area contributed by atoms with Crippen molar-refractivity contribution in [3.05, 3.63) is 18.5 Å². The van der Waals surface area contributed by atoms with Crippen molar-refractivity contribution in [1.29, 1.82) is 0 Å². The van der Waals surface area contributed by atoms with Crippen LogP contribution in [0, 0.1) is 0 Å². The van der Waals surface area contributed by atoms with Crippen molar-refractivity contribution in [2.24, 2.45) is 4.99 Å². The van der Waals surface area contributed by atoms with Gasteiger partial charge in [0.25, 0.3) is 0 Å². The van der Waals surface area contributed by atoms with Crippen LogP contribution in [0.25, 0.3) is 0 Å². The lowest BCUT2D eigenvalue weighted by atomic mass is 10.2. The molecule has 1 N–H and O–H groups in total. The summed E-state index contributed by atoms with van der Waals surface area (Å²) in [5, 5.41) is 3.52. The smallest absolute Gasteiger partial charge is 0.410 e. The summed E-state index contributed by atoms with van der Waals surface area (Å²) in [4.78, 5) is 34.6. The number of aliphatic imine (C=N–C) groups is 1. The highest BCUT2D eigenvalue weighted by atomic mass is 127. The van der Waals surface area contributed by atoms with Gasteiger partial charge in [-0.1, -0.05) is 0 Å². The number of ether oxygens (including phenoxy) is 1. The number of guanidine groups is 1. The highest BCUT2D eigenvalue weighted by molar-refractivity contribution is 14.0. The summed E-state index contributed by atoms with van der Waals surface area (Å²) in [7, 11) is 0. The second kappa shape index (κ2) is 11.5. The molecule has 1 aromatic heterocycles. The molecule has 0 bridgehead atoms. The number of piperazine rings is 2. The van der Waals surface area contributed by atoms with Crippen LogP contribution >= 0.6 is 24.0 Å². The summed E-state index contributed by atoms with van der Waals surface area (Å²) >= 11 is 0. The Labute approximate surface area is 213 Å². The van der Waals surface area contributed by atoms with Crippen LogP contribution in [0.3, 0.4) is 0 Å². The largest absolute Gasteiger partial charge is 0.444 e. The van der Waals surface area contributed by atoms with Gasteiger partial charge in [0.15, 0.2) is 5.96 Å². The molecule has 184 valence electrons. The van der Waals surface area contributed by atoms with E-state index in [1.165, 1.54) is 0 Å². The van der Waals surface area contributed by atoms with Crippen molar-refractivity contribution in [3.8, 4) is 0 Å². The normalized spacial score (nSPS) is 21.2.